The normalized spacial score (nSPS) is 10.8. The summed E-state index contributed by atoms with van der Waals surface area (Å²) in [5, 5.41) is 1.19. The average molecular weight is 382 g/mol. The molecule has 0 amide bonds. The highest BCUT2D eigenvalue weighted by Crippen LogP contribution is 2.35. The van der Waals surface area contributed by atoms with Gasteiger partial charge in [-0.15, -0.1) is 0 Å². The van der Waals surface area contributed by atoms with Crippen LogP contribution < -0.4 is 4.74 Å². The molecule has 26 heavy (non-hydrogen) atoms. The SMILES string of the molecule is CCOC(=O)CCCCn1c(C(=O)OCC)cc2c(Cl)c(OC)ccc21. The summed E-state index contributed by atoms with van der Waals surface area (Å²) in [5.74, 6) is -0.0542. The number of hydrogen-bond acceptors (Lipinski definition) is 5. The van der Waals surface area contributed by atoms with Crippen LogP contribution in [0.4, 0.5) is 0 Å². The highest BCUT2D eigenvalue weighted by Gasteiger charge is 2.19. The van der Waals surface area contributed by atoms with Crippen LogP contribution in [0.3, 0.4) is 0 Å². The van der Waals surface area contributed by atoms with Crippen molar-refractivity contribution in [2.24, 2.45) is 0 Å². The van der Waals surface area contributed by atoms with Gasteiger partial charge in [0.2, 0.25) is 0 Å². The van der Waals surface area contributed by atoms with E-state index in [4.69, 9.17) is 25.8 Å². The number of unbranched alkanes of at least 4 members (excludes halogenated alkanes) is 1. The molecule has 6 nitrogen and oxygen atoms in total. The van der Waals surface area contributed by atoms with Crippen LogP contribution in [-0.4, -0.2) is 36.8 Å². The quantitative estimate of drug-likeness (QED) is 0.480. The molecule has 0 atom stereocenters. The number of fused-ring (bicyclic) bond motifs is 1. The first-order chi connectivity index (χ1) is 12.5. The smallest absolute Gasteiger partial charge is 0.354 e. The molecule has 0 aliphatic rings. The number of carbonyl (C=O) groups is 2. The van der Waals surface area contributed by atoms with E-state index in [1.165, 1.54) is 0 Å². The molecule has 0 bridgehead atoms. The Labute approximate surface area is 158 Å². The zero-order chi connectivity index (χ0) is 19.1. The highest BCUT2D eigenvalue weighted by atomic mass is 35.5. The van der Waals surface area contributed by atoms with E-state index in [0.29, 0.717) is 49.1 Å². The van der Waals surface area contributed by atoms with Gasteiger partial charge in [0.05, 0.1) is 30.9 Å². The third-order valence-electron chi connectivity index (χ3n) is 4.01. The number of methoxy groups -OCH3 is 1. The summed E-state index contributed by atoms with van der Waals surface area (Å²) in [5.41, 5.74) is 1.27. The minimum absolute atomic E-state index is 0.205. The molecule has 1 aromatic heterocycles. The molecule has 0 N–H and O–H groups in total. The number of halogens is 1. The van der Waals surface area contributed by atoms with E-state index in [2.05, 4.69) is 0 Å². The van der Waals surface area contributed by atoms with Gasteiger partial charge in [-0.25, -0.2) is 4.79 Å². The van der Waals surface area contributed by atoms with Crippen LogP contribution in [0.1, 0.15) is 43.6 Å². The Balaban J connectivity index is 2.26. The molecule has 0 spiro atoms. The number of ether oxygens (including phenoxy) is 3. The van der Waals surface area contributed by atoms with Gasteiger partial charge in [-0.05, 0) is 44.9 Å². The van der Waals surface area contributed by atoms with Crippen molar-refractivity contribution in [2.45, 2.75) is 39.7 Å². The van der Waals surface area contributed by atoms with Crippen LogP contribution in [0.5, 0.6) is 5.75 Å². The van der Waals surface area contributed by atoms with Gasteiger partial charge in [-0.3, -0.25) is 4.79 Å². The Bertz CT molecular complexity index is 784. The second kappa shape index (κ2) is 9.48. The third kappa shape index (κ3) is 4.49. The second-order valence-electron chi connectivity index (χ2n) is 5.68. The van der Waals surface area contributed by atoms with Gasteiger partial charge in [-0.1, -0.05) is 11.6 Å². The predicted octanol–water partition coefficient (Wildman–Crippen LogP) is 4.21. The van der Waals surface area contributed by atoms with E-state index in [9.17, 15) is 9.59 Å². The van der Waals surface area contributed by atoms with Crippen LogP contribution in [-0.2, 0) is 20.8 Å². The molecule has 142 valence electrons. The summed E-state index contributed by atoms with van der Waals surface area (Å²) in [7, 11) is 1.55. The Morgan fingerprint density at radius 2 is 1.85 bits per heavy atom. The standard InChI is InChI=1S/C19H24ClNO5/c1-4-25-17(22)8-6-7-11-21-14-9-10-16(24-3)18(20)13(14)12-15(21)19(23)26-5-2/h9-10,12H,4-8,11H2,1-3H3. The van der Waals surface area contributed by atoms with E-state index in [1.54, 1.807) is 33.1 Å². The number of hydrogen-bond donors (Lipinski definition) is 0. The molecule has 0 unspecified atom stereocenters. The second-order valence-corrected chi connectivity index (χ2v) is 6.06. The minimum atomic E-state index is -0.399. The Morgan fingerprint density at radius 1 is 1.12 bits per heavy atom. The number of aromatic nitrogens is 1. The molecular formula is C19H24ClNO5. The lowest BCUT2D eigenvalue weighted by Crippen LogP contribution is -2.12. The molecule has 0 radical (unpaired) electrons. The van der Waals surface area contributed by atoms with Crippen molar-refractivity contribution in [1.29, 1.82) is 0 Å². The lowest BCUT2D eigenvalue weighted by molar-refractivity contribution is -0.143. The van der Waals surface area contributed by atoms with Gasteiger partial charge in [0.1, 0.15) is 11.4 Å². The summed E-state index contributed by atoms with van der Waals surface area (Å²) in [6, 6.07) is 5.37. The van der Waals surface area contributed by atoms with Gasteiger partial charge in [-0.2, -0.15) is 0 Å². The molecule has 0 saturated carbocycles. The van der Waals surface area contributed by atoms with E-state index in [1.807, 2.05) is 10.6 Å². The fourth-order valence-electron chi connectivity index (χ4n) is 2.82. The van der Waals surface area contributed by atoms with Crippen molar-refractivity contribution in [1.82, 2.24) is 4.57 Å². The fraction of sp³-hybridized carbons (Fsp3) is 0.474. The van der Waals surface area contributed by atoms with Crippen molar-refractivity contribution in [2.75, 3.05) is 20.3 Å². The largest absolute Gasteiger partial charge is 0.495 e. The fourth-order valence-corrected chi connectivity index (χ4v) is 3.12. The summed E-state index contributed by atoms with van der Waals surface area (Å²) >= 11 is 6.39. The monoisotopic (exact) mass is 381 g/mol. The van der Waals surface area contributed by atoms with Crippen LogP contribution in [0.25, 0.3) is 10.9 Å². The number of rotatable bonds is 9. The predicted molar refractivity (Wildman–Crippen MR) is 99.9 cm³/mol. The topological polar surface area (TPSA) is 66.8 Å². The Kier molecular flexibility index (Phi) is 7.33. The van der Waals surface area contributed by atoms with Gasteiger partial charge in [0.15, 0.2) is 0 Å². The van der Waals surface area contributed by atoms with Crippen molar-refractivity contribution in [3.8, 4) is 5.75 Å². The summed E-state index contributed by atoms with van der Waals surface area (Å²) < 4.78 is 17.2. The average Bonchev–Trinajstić information content (AvgIpc) is 2.99. The zero-order valence-electron chi connectivity index (χ0n) is 15.3. The van der Waals surface area contributed by atoms with Crippen LogP contribution in [0, 0.1) is 0 Å². The molecule has 2 rings (SSSR count). The van der Waals surface area contributed by atoms with E-state index in [-0.39, 0.29) is 5.97 Å². The first-order valence-corrected chi connectivity index (χ1v) is 9.09. The van der Waals surface area contributed by atoms with Crippen LogP contribution in [0.2, 0.25) is 5.02 Å². The van der Waals surface area contributed by atoms with E-state index < -0.39 is 5.97 Å². The Morgan fingerprint density at radius 3 is 2.50 bits per heavy atom. The molecule has 2 aromatic rings. The molecule has 7 heteroatoms. The summed E-state index contributed by atoms with van der Waals surface area (Å²) in [6.07, 6.45) is 1.75. The molecule has 0 saturated heterocycles. The maximum absolute atomic E-state index is 12.3. The molecule has 0 aliphatic carbocycles. The molecule has 0 fully saturated rings. The van der Waals surface area contributed by atoms with Gasteiger partial charge in [0.25, 0.3) is 0 Å². The maximum Gasteiger partial charge on any atom is 0.354 e. The highest BCUT2D eigenvalue weighted by molar-refractivity contribution is 6.37. The van der Waals surface area contributed by atoms with E-state index in [0.717, 1.165) is 17.3 Å². The van der Waals surface area contributed by atoms with Gasteiger partial charge < -0.3 is 18.8 Å². The zero-order valence-corrected chi connectivity index (χ0v) is 16.1. The maximum atomic E-state index is 12.3. The number of aryl methyl sites for hydroxylation is 1. The lowest BCUT2D eigenvalue weighted by Gasteiger charge is -2.11. The minimum Gasteiger partial charge on any atom is -0.495 e. The van der Waals surface area contributed by atoms with Crippen LogP contribution in [0.15, 0.2) is 18.2 Å². The summed E-state index contributed by atoms with van der Waals surface area (Å²) in [6.45, 7) is 4.79. The van der Waals surface area contributed by atoms with Gasteiger partial charge in [0, 0.05) is 18.4 Å². The molecule has 0 aliphatic heterocycles. The molecule has 1 heterocycles. The van der Waals surface area contributed by atoms with Crippen molar-refractivity contribution in [3.05, 3.63) is 28.9 Å². The number of nitrogens with zero attached hydrogens (tertiary/aromatic N) is 1. The number of carbonyl (C=O) groups excluding carboxylic acids is 2. The first kappa shape index (κ1) is 20.1. The first-order valence-electron chi connectivity index (χ1n) is 8.71. The number of esters is 2. The number of benzene rings is 1. The lowest BCUT2D eigenvalue weighted by atomic mass is 10.2. The third-order valence-corrected chi connectivity index (χ3v) is 4.40. The Hall–Kier alpha value is -2.21. The molecular weight excluding hydrogens is 358 g/mol. The van der Waals surface area contributed by atoms with Crippen molar-refractivity contribution in [3.63, 3.8) is 0 Å². The van der Waals surface area contributed by atoms with Gasteiger partial charge >= 0.3 is 11.9 Å². The van der Waals surface area contributed by atoms with Crippen molar-refractivity contribution < 1.29 is 23.8 Å². The summed E-state index contributed by atoms with van der Waals surface area (Å²) in [4.78, 5) is 23.8. The van der Waals surface area contributed by atoms with Crippen molar-refractivity contribution >= 4 is 34.4 Å². The van der Waals surface area contributed by atoms with E-state index >= 15 is 0 Å². The van der Waals surface area contributed by atoms with Crippen LogP contribution >= 0.6 is 11.6 Å². The molecule has 1 aromatic carbocycles.